The second-order valence-electron chi connectivity index (χ2n) is 3.93. The zero-order chi connectivity index (χ0) is 13.4. The van der Waals surface area contributed by atoms with Crippen LogP contribution in [0.4, 0.5) is 0 Å². The van der Waals surface area contributed by atoms with Crippen molar-refractivity contribution in [1.82, 2.24) is 5.32 Å². The Bertz CT molecular complexity index is 371. The van der Waals surface area contributed by atoms with E-state index in [1.165, 1.54) is 0 Å². The van der Waals surface area contributed by atoms with Crippen LogP contribution in [0, 0.1) is 6.92 Å². The molecule has 1 aromatic rings. The van der Waals surface area contributed by atoms with E-state index in [4.69, 9.17) is 14.2 Å². The first-order chi connectivity index (χ1) is 8.69. The van der Waals surface area contributed by atoms with E-state index < -0.39 is 0 Å². The van der Waals surface area contributed by atoms with Gasteiger partial charge in [0.2, 0.25) is 0 Å². The number of benzene rings is 1. The minimum Gasteiger partial charge on any atom is -0.467 e. The number of rotatable bonds is 8. The standard InChI is InChI=1S/C13H20BrNO3/c1-10-6-12(14)7-11(8-15-4-5-16-2)13(10)18-9-17-3/h6-7,15H,4-5,8-9H2,1-3H3. The van der Waals surface area contributed by atoms with Crippen LogP contribution in [0.3, 0.4) is 0 Å². The topological polar surface area (TPSA) is 39.7 Å². The summed E-state index contributed by atoms with van der Waals surface area (Å²) in [5, 5.41) is 3.31. The third-order valence-corrected chi connectivity index (χ3v) is 2.89. The van der Waals surface area contributed by atoms with Gasteiger partial charge in [-0.2, -0.15) is 0 Å². The molecule has 0 aliphatic rings. The minimum atomic E-state index is 0.257. The Labute approximate surface area is 117 Å². The summed E-state index contributed by atoms with van der Waals surface area (Å²) in [7, 11) is 3.31. The highest BCUT2D eigenvalue weighted by atomic mass is 79.9. The van der Waals surface area contributed by atoms with Gasteiger partial charge in [-0.3, -0.25) is 0 Å². The smallest absolute Gasteiger partial charge is 0.188 e. The molecule has 0 spiro atoms. The lowest BCUT2D eigenvalue weighted by atomic mass is 10.1. The highest BCUT2D eigenvalue weighted by Gasteiger charge is 2.08. The molecule has 102 valence electrons. The Kier molecular flexibility index (Phi) is 7.27. The van der Waals surface area contributed by atoms with Crippen molar-refractivity contribution >= 4 is 15.9 Å². The van der Waals surface area contributed by atoms with Crippen LogP contribution in [-0.4, -0.2) is 34.2 Å². The van der Waals surface area contributed by atoms with Crippen LogP contribution in [0.25, 0.3) is 0 Å². The largest absolute Gasteiger partial charge is 0.467 e. The monoisotopic (exact) mass is 317 g/mol. The van der Waals surface area contributed by atoms with Crippen LogP contribution in [0.1, 0.15) is 11.1 Å². The maximum absolute atomic E-state index is 5.61. The molecule has 0 heterocycles. The molecule has 0 aliphatic heterocycles. The van der Waals surface area contributed by atoms with Gasteiger partial charge in [0.15, 0.2) is 6.79 Å². The minimum absolute atomic E-state index is 0.257. The quantitative estimate of drug-likeness (QED) is 0.590. The molecule has 4 nitrogen and oxygen atoms in total. The lowest BCUT2D eigenvalue weighted by Crippen LogP contribution is -2.19. The molecule has 0 bridgehead atoms. The Morgan fingerprint density at radius 1 is 1.22 bits per heavy atom. The van der Waals surface area contributed by atoms with E-state index in [9.17, 15) is 0 Å². The number of aryl methyl sites for hydroxylation is 1. The predicted octanol–water partition coefficient (Wildman–Crippen LogP) is 2.48. The molecule has 0 saturated heterocycles. The zero-order valence-electron chi connectivity index (χ0n) is 11.1. The molecule has 0 aromatic heterocycles. The van der Waals surface area contributed by atoms with E-state index in [1.54, 1.807) is 14.2 Å². The number of ether oxygens (including phenoxy) is 3. The molecule has 0 atom stereocenters. The van der Waals surface area contributed by atoms with Gasteiger partial charge in [-0.05, 0) is 24.6 Å². The number of halogens is 1. The summed E-state index contributed by atoms with van der Waals surface area (Å²) in [4.78, 5) is 0. The van der Waals surface area contributed by atoms with Gasteiger partial charge < -0.3 is 19.5 Å². The first-order valence-electron chi connectivity index (χ1n) is 5.79. The molecular formula is C13H20BrNO3. The molecule has 0 fully saturated rings. The second-order valence-corrected chi connectivity index (χ2v) is 4.85. The molecule has 18 heavy (non-hydrogen) atoms. The SMILES string of the molecule is COCCNCc1cc(Br)cc(C)c1OCOC. The molecular weight excluding hydrogens is 298 g/mol. The van der Waals surface area contributed by atoms with Crippen molar-refractivity contribution in [3.8, 4) is 5.75 Å². The van der Waals surface area contributed by atoms with Gasteiger partial charge in [0.05, 0.1) is 6.61 Å². The highest BCUT2D eigenvalue weighted by Crippen LogP contribution is 2.28. The van der Waals surface area contributed by atoms with Gasteiger partial charge in [-0.25, -0.2) is 0 Å². The summed E-state index contributed by atoms with van der Waals surface area (Å²) in [6.45, 7) is 4.53. The lowest BCUT2D eigenvalue weighted by molar-refractivity contribution is 0.0498. The fourth-order valence-electron chi connectivity index (χ4n) is 1.65. The van der Waals surface area contributed by atoms with Crippen molar-refractivity contribution in [3.63, 3.8) is 0 Å². The summed E-state index contributed by atoms with van der Waals surface area (Å²) in [6, 6.07) is 4.08. The van der Waals surface area contributed by atoms with Gasteiger partial charge in [-0.1, -0.05) is 15.9 Å². The van der Waals surface area contributed by atoms with Gasteiger partial charge in [0.1, 0.15) is 5.75 Å². The summed E-state index contributed by atoms with van der Waals surface area (Å²) >= 11 is 3.50. The van der Waals surface area contributed by atoms with Gasteiger partial charge in [0, 0.05) is 37.3 Å². The molecule has 5 heteroatoms. The van der Waals surface area contributed by atoms with Crippen LogP contribution in [-0.2, 0) is 16.0 Å². The van der Waals surface area contributed by atoms with Crippen molar-refractivity contribution in [3.05, 3.63) is 27.7 Å². The van der Waals surface area contributed by atoms with E-state index in [0.29, 0.717) is 6.61 Å². The van der Waals surface area contributed by atoms with Crippen LogP contribution >= 0.6 is 15.9 Å². The maximum atomic E-state index is 5.61. The van der Waals surface area contributed by atoms with Gasteiger partial charge in [-0.15, -0.1) is 0 Å². The molecule has 0 unspecified atom stereocenters. The number of methoxy groups -OCH3 is 2. The van der Waals surface area contributed by atoms with Crippen molar-refractivity contribution in [2.45, 2.75) is 13.5 Å². The van der Waals surface area contributed by atoms with E-state index in [-0.39, 0.29) is 6.79 Å². The first kappa shape index (κ1) is 15.4. The molecule has 0 radical (unpaired) electrons. The molecule has 0 aliphatic carbocycles. The lowest BCUT2D eigenvalue weighted by Gasteiger charge is -2.15. The van der Waals surface area contributed by atoms with E-state index >= 15 is 0 Å². The van der Waals surface area contributed by atoms with E-state index in [1.807, 2.05) is 13.0 Å². The van der Waals surface area contributed by atoms with Crippen molar-refractivity contribution in [2.24, 2.45) is 0 Å². The first-order valence-corrected chi connectivity index (χ1v) is 6.58. The molecule has 0 saturated carbocycles. The fourth-order valence-corrected chi connectivity index (χ4v) is 2.27. The third kappa shape index (κ3) is 4.94. The van der Waals surface area contributed by atoms with E-state index in [2.05, 4.69) is 27.3 Å². The number of hydrogen-bond donors (Lipinski definition) is 1. The van der Waals surface area contributed by atoms with Crippen molar-refractivity contribution in [1.29, 1.82) is 0 Å². The highest BCUT2D eigenvalue weighted by molar-refractivity contribution is 9.10. The summed E-state index contributed by atoms with van der Waals surface area (Å²) in [6.07, 6.45) is 0. The average molecular weight is 318 g/mol. The summed E-state index contributed by atoms with van der Waals surface area (Å²) < 4.78 is 16.6. The fraction of sp³-hybridized carbons (Fsp3) is 0.538. The Balaban J connectivity index is 2.72. The number of hydrogen-bond acceptors (Lipinski definition) is 4. The van der Waals surface area contributed by atoms with Gasteiger partial charge >= 0.3 is 0 Å². The Morgan fingerprint density at radius 3 is 2.67 bits per heavy atom. The number of nitrogens with one attached hydrogen (secondary N) is 1. The molecule has 1 N–H and O–H groups in total. The van der Waals surface area contributed by atoms with Crippen molar-refractivity contribution in [2.75, 3.05) is 34.2 Å². The normalized spacial score (nSPS) is 10.7. The second kappa shape index (κ2) is 8.48. The van der Waals surface area contributed by atoms with Crippen LogP contribution < -0.4 is 10.1 Å². The Hall–Kier alpha value is -0.620. The summed E-state index contributed by atoms with van der Waals surface area (Å²) in [5.41, 5.74) is 2.19. The third-order valence-electron chi connectivity index (χ3n) is 2.44. The van der Waals surface area contributed by atoms with Crippen LogP contribution in [0.2, 0.25) is 0 Å². The Morgan fingerprint density at radius 2 is 2.00 bits per heavy atom. The van der Waals surface area contributed by atoms with E-state index in [0.717, 1.165) is 34.4 Å². The van der Waals surface area contributed by atoms with Crippen molar-refractivity contribution < 1.29 is 14.2 Å². The maximum Gasteiger partial charge on any atom is 0.188 e. The predicted molar refractivity (Wildman–Crippen MR) is 75.0 cm³/mol. The molecule has 1 aromatic carbocycles. The zero-order valence-corrected chi connectivity index (χ0v) is 12.7. The molecule has 1 rings (SSSR count). The van der Waals surface area contributed by atoms with Crippen LogP contribution in [0.5, 0.6) is 5.75 Å². The average Bonchev–Trinajstić information content (AvgIpc) is 2.33. The summed E-state index contributed by atoms with van der Waals surface area (Å²) in [5.74, 6) is 0.880. The van der Waals surface area contributed by atoms with Gasteiger partial charge in [0.25, 0.3) is 0 Å². The molecule has 0 amide bonds. The van der Waals surface area contributed by atoms with Crippen LogP contribution in [0.15, 0.2) is 16.6 Å².